The number of guanidine groups is 1. The van der Waals surface area contributed by atoms with Gasteiger partial charge in [-0.05, 0) is 56.8 Å². The average Bonchev–Trinajstić information content (AvgIpc) is 3.39. The van der Waals surface area contributed by atoms with Crippen molar-refractivity contribution in [2.45, 2.75) is 51.5 Å². The summed E-state index contributed by atoms with van der Waals surface area (Å²) in [6.45, 7) is 4.58. The molecule has 2 saturated carbocycles. The molecule has 2 aliphatic carbocycles. The van der Waals surface area contributed by atoms with Crippen LogP contribution in [0.2, 0.25) is 0 Å². The van der Waals surface area contributed by atoms with E-state index in [1.165, 1.54) is 25.7 Å². The van der Waals surface area contributed by atoms with Gasteiger partial charge in [-0.15, -0.1) is 0 Å². The standard InChI is InChI=1S/C16H28N4O2/c1-2-22-15(21)20-9-5-13(6-10-20)19-14(17)18-11-16(7-8-16)12-3-4-12/h12-13H,2-11H2,1H3,(H3,17,18,19). The van der Waals surface area contributed by atoms with E-state index >= 15 is 0 Å². The van der Waals surface area contributed by atoms with Gasteiger partial charge in [-0.1, -0.05) is 0 Å². The van der Waals surface area contributed by atoms with Crippen LogP contribution in [0.5, 0.6) is 0 Å². The second kappa shape index (κ2) is 6.34. The van der Waals surface area contributed by atoms with Crippen molar-refractivity contribution >= 4 is 12.1 Å². The monoisotopic (exact) mass is 308 g/mol. The van der Waals surface area contributed by atoms with E-state index in [1.807, 2.05) is 6.92 Å². The highest BCUT2D eigenvalue weighted by Gasteiger charge is 2.53. The number of piperidine rings is 1. The van der Waals surface area contributed by atoms with Gasteiger partial charge in [-0.25, -0.2) is 4.79 Å². The van der Waals surface area contributed by atoms with Gasteiger partial charge in [0.15, 0.2) is 5.96 Å². The molecule has 0 aromatic rings. The Labute approximate surface area is 132 Å². The van der Waals surface area contributed by atoms with Gasteiger partial charge in [-0.2, -0.15) is 0 Å². The highest BCUT2D eigenvalue weighted by Crippen LogP contribution is 2.61. The Hall–Kier alpha value is -1.46. The minimum absolute atomic E-state index is 0.206. The molecule has 0 spiro atoms. The minimum atomic E-state index is -0.206. The maximum Gasteiger partial charge on any atom is 0.409 e. The SMILES string of the molecule is CCOC(=O)N1CCC(NC(N)=NCC2(C3CC3)CC2)CC1. The van der Waals surface area contributed by atoms with Crippen LogP contribution in [0, 0.1) is 11.3 Å². The van der Waals surface area contributed by atoms with E-state index in [0.717, 1.165) is 38.4 Å². The van der Waals surface area contributed by atoms with E-state index < -0.39 is 0 Å². The van der Waals surface area contributed by atoms with Crippen molar-refractivity contribution in [1.29, 1.82) is 0 Å². The van der Waals surface area contributed by atoms with Crippen molar-refractivity contribution in [3.05, 3.63) is 0 Å². The second-order valence-corrected chi connectivity index (χ2v) is 6.94. The van der Waals surface area contributed by atoms with Crippen LogP contribution in [0.3, 0.4) is 0 Å². The lowest BCUT2D eigenvalue weighted by atomic mass is 10.0. The zero-order valence-electron chi connectivity index (χ0n) is 13.5. The molecule has 1 saturated heterocycles. The van der Waals surface area contributed by atoms with Crippen LogP contribution in [-0.4, -0.2) is 49.2 Å². The second-order valence-electron chi connectivity index (χ2n) is 6.94. The molecule has 1 amide bonds. The highest BCUT2D eigenvalue weighted by atomic mass is 16.6. The Kier molecular flexibility index (Phi) is 4.45. The van der Waals surface area contributed by atoms with E-state index in [1.54, 1.807) is 4.90 Å². The lowest BCUT2D eigenvalue weighted by Crippen LogP contribution is -2.48. The number of nitrogens with two attached hydrogens (primary N) is 1. The van der Waals surface area contributed by atoms with Gasteiger partial charge in [0.25, 0.3) is 0 Å². The van der Waals surface area contributed by atoms with Gasteiger partial charge < -0.3 is 20.7 Å². The average molecular weight is 308 g/mol. The first kappa shape index (κ1) is 15.4. The van der Waals surface area contributed by atoms with Crippen molar-refractivity contribution in [3.63, 3.8) is 0 Å². The van der Waals surface area contributed by atoms with E-state index in [4.69, 9.17) is 10.5 Å². The van der Waals surface area contributed by atoms with Crippen LogP contribution < -0.4 is 11.1 Å². The summed E-state index contributed by atoms with van der Waals surface area (Å²) in [6.07, 6.45) is 7.00. The highest BCUT2D eigenvalue weighted by molar-refractivity contribution is 5.78. The molecule has 1 heterocycles. The van der Waals surface area contributed by atoms with Gasteiger partial charge in [0.2, 0.25) is 0 Å². The van der Waals surface area contributed by atoms with Crippen LogP contribution >= 0.6 is 0 Å². The van der Waals surface area contributed by atoms with Gasteiger partial charge in [-0.3, -0.25) is 4.99 Å². The molecule has 3 fully saturated rings. The summed E-state index contributed by atoms with van der Waals surface area (Å²) in [5, 5.41) is 3.32. The number of ether oxygens (including phenoxy) is 1. The van der Waals surface area contributed by atoms with Gasteiger partial charge in [0, 0.05) is 25.7 Å². The molecule has 6 heteroatoms. The molecular weight excluding hydrogens is 280 g/mol. The number of nitrogens with one attached hydrogen (secondary N) is 1. The number of aliphatic imine (C=N–C) groups is 1. The Morgan fingerprint density at radius 2 is 2.00 bits per heavy atom. The summed E-state index contributed by atoms with van der Waals surface area (Å²) < 4.78 is 5.03. The minimum Gasteiger partial charge on any atom is -0.450 e. The number of hydrogen-bond acceptors (Lipinski definition) is 3. The smallest absolute Gasteiger partial charge is 0.409 e. The van der Waals surface area contributed by atoms with E-state index in [0.29, 0.717) is 24.0 Å². The summed E-state index contributed by atoms with van der Waals surface area (Å²) in [7, 11) is 0. The third kappa shape index (κ3) is 3.65. The molecular formula is C16H28N4O2. The lowest BCUT2D eigenvalue weighted by molar-refractivity contribution is 0.0963. The third-order valence-corrected chi connectivity index (χ3v) is 5.27. The largest absolute Gasteiger partial charge is 0.450 e. The van der Waals surface area contributed by atoms with E-state index in [9.17, 15) is 4.79 Å². The number of nitrogens with zero attached hydrogens (tertiary/aromatic N) is 2. The number of carbonyl (C=O) groups excluding carboxylic acids is 1. The van der Waals surface area contributed by atoms with Crippen molar-refractivity contribution < 1.29 is 9.53 Å². The maximum atomic E-state index is 11.7. The molecule has 124 valence electrons. The predicted molar refractivity (Wildman–Crippen MR) is 85.6 cm³/mol. The Bertz CT molecular complexity index is 435. The Morgan fingerprint density at radius 3 is 2.55 bits per heavy atom. The van der Waals surface area contributed by atoms with Crippen LogP contribution in [-0.2, 0) is 4.74 Å². The quantitative estimate of drug-likeness (QED) is 0.598. The first-order valence-corrected chi connectivity index (χ1v) is 8.61. The van der Waals surface area contributed by atoms with Crippen LogP contribution in [0.4, 0.5) is 4.79 Å². The number of rotatable bonds is 5. The van der Waals surface area contributed by atoms with Crippen molar-refractivity contribution in [3.8, 4) is 0 Å². The van der Waals surface area contributed by atoms with E-state index in [2.05, 4.69) is 10.3 Å². The molecule has 1 aliphatic heterocycles. The number of amides is 1. The first-order valence-electron chi connectivity index (χ1n) is 8.61. The molecule has 6 nitrogen and oxygen atoms in total. The summed E-state index contributed by atoms with van der Waals surface area (Å²) in [6, 6.07) is 0.311. The molecule has 3 N–H and O–H groups in total. The number of carbonyl (C=O) groups is 1. The number of hydrogen-bond donors (Lipinski definition) is 2. The third-order valence-electron chi connectivity index (χ3n) is 5.27. The van der Waals surface area contributed by atoms with Gasteiger partial charge in [0.1, 0.15) is 0 Å². The summed E-state index contributed by atoms with van der Waals surface area (Å²) in [4.78, 5) is 18.0. The van der Waals surface area contributed by atoms with Crippen molar-refractivity contribution in [1.82, 2.24) is 10.2 Å². The molecule has 0 bridgehead atoms. The van der Waals surface area contributed by atoms with E-state index in [-0.39, 0.29) is 6.09 Å². The van der Waals surface area contributed by atoms with Gasteiger partial charge >= 0.3 is 6.09 Å². The number of likely N-dealkylation sites (tertiary alicyclic amines) is 1. The normalized spacial score (nSPS) is 25.0. The molecule has 3 aliphatic rings. The molecule has 0 unspecified atom stereocenters. The first-order chi connectivity index (χ1) is 10.6. The van der Waals surface area contributed by atoms with Crippen LogP contribution in [0.25, 0.3) is 0 Å². The molecule has 3 rings (SSSR count). The Balaban J connectivity index is 1.39. The Morgan fingerprint density at radius 1 is 1.32 bits per heavy atom. The zero-order chi connectivity index (χ0) is 15.6. The fourth-order valence-corrected chi connectivity index (χ4v) is 3.47. The maximum absolute atomic E-state index is 11.7. The van der Waals surface area contributed by atoms with Crippen LogP contribution in [0.1, 0.15) is 45.4 Å². The van der Waals surface area contributed by atoms with Crippen LogP contribution in [0.15, 0.2) is 4.99 Å². The topological polar surface area (TPSA) is 80.0 Å². The molecule has 0 aromatic carbocycles. The molecule has 0 aromatic heterocycles. The summed E-state index contributed by atoms with van der Waals surface area (Å²) in [5.41, 5.74) is 6.54. The summed E-state index contributed by atoms with van der Waals surface area (Å²) >= 11 is 0. The fraction of sp³-hybridized carbons (Fsp3) is 0.875. The van der Waals surface area contributed by atoms with Crippen molar-refractivity contribution in [2.24, 2.45) is 22.1 Å². The van der Waals surface area contributed by atoms with Crippen molar-refractivity contribution in [2.75, 3.05) is 26.2 Å². The molecule has 0 atom stereocenters. The lowest BCUT2D eigenvalue weighted by Gasteiger charge is -2.31. The molecule has 0 radical (unpaired) electrons. The molecule has 22 heavy (non-hydrogen) atoms. The fourth-order valence-electron chi connectivity index (χ4n) is 3.47. The predicted octanol–water partition coefficient (Wildman–Crippen LogP) is 1.70. The van der Waals surface area contributed by atoms with Gasteiger partial charge in [0.05, 0.1) is 6.61 Å². The summed E-state index contributed by atoms with van der Waals surface area (Å²) in [5.74, 6) is 1.48. The zero-order valence-corrected chi connectivity index (χ0v) is 13.5.